The topological polar surface area (TPSA) is 41.1 Å². The van der Waals surface area contributed by atoms with Gasteiger partial charge in [-0.1, -0.05) is 0 Å². The van der Waals surface area contributed by atoms with Gasteiger partial charge in [-0.15, -0.1) is 0 Å². The highest BCUT2D eigenvalue weighted by atomic mass is 32.2. The van der Waals surface area contributed by atoms with Gasteiger partial charge in [0.05, 0.1) is 0 Å². The van der Waals surface area contributed by atoms with Crippen LogP contribution in [0, 0.1) is 0 Å². The molecule has 3 nitrogen and oxygen atoms in total. The molecule has 0 radical (unpaired) electrons. The summed E-state index contributed by atoms with van der Waals surface area (Å²) in [6, 6.07) is 7.92. The van der Waals surface area contributed by atoms with Crippen LogP contribution >= 0.6 is 11.8 Å². The Balaban J connectivity index is 1.91. The molecular weight excluding hydrogens is 244 g/mol. The van der Waals surface area contributed by atoms with Crippen LogP contribution in [0.15, 0.2) is 24.3 Å². The van der Waals surface area contributed by atoms with Crippen LogP contribution in [0.4, 0.5) is 5.69 Å². The number of anilines is 1. The van der Waals surface area contributed by atoms with Gasteiger partial charge in [0.15, 0.2) is 0 Å². The molecule has 1 aromatic rings. The standard InChI is InChI=1S/C14H20N2OS/c1-15-11-5-3-10(4-6-11)14(17)16-12-7-8-13(9-12)18-2/h3-6,12-13,15H,7-9H2,1-2H3,(H,16,17). The molecule has 2 atom stereocenters. The molecule has 1 saturated carbocycles. The first-order chi connectivity index (χ1) is 8.72. The molecule has 2 N–H and O–H groups in total. The lowest BCUT2D eigenvalue weighted by atomic mass is 10.1. The summed E-state index contributed by atoms with van der Waals surface area (Å²) in [4.78, 5) is 12.1. The number of nitrogens with one attached hydrogen (secondary N) is 2. The SMILES string of the molecule is CNc1ccc(C(=O)NC2CCC(SC)C2)cc1. The number of carbonyl (C=O) groups excluding carboxylic acids is 1. The Morgan fingerprint density at radius 1 is 1.28 bits per heavy atom. The van der Waals surface area contributed by atoms with Gasteiger partial charge in [-0.05, 0) is 49.8 Å². The van der Waals surface area contributed by atoms with Crippen molar-refractivity contribution in [2.24, 2.45) is 0 Å². The maximum absolute atomic E-state index is 12.1. The molecule has 0 saturated heterocycles. The second kappa shape index (κ2) is 6.14. The predicted molar refractivity (Wildman–Crippen MR) is 78.4 cm³/mol. The summed E-state index contributed by atoms with van der Waals surface area (Å²) >= 11 is 1.90. The van der Waals surface area contributed by atoms with E-state index in [1.165, 1.54) is 6.42 Å². The maximum Gasteiger partial charge on any atom is 0.251 e. The summed E-state index contributed by atoms with van der Waals surface area (Å²) in [5, 5.41) is 6.88. The van der Waals surface area contributed by atoms with E-state index in [0.29, 0.717) is 11.3 Å². The molecule has 1 fully saturated rings. The minimum atomic E-state index is 0.0457. The van der Waals surface area contributed by atoms with E-state index in [4.69, 9.17) is 0 Å². The summed E-state index contributed by atoms with van der Waals surface area (Å²) in [5.74, 6) is 0.0457. The molecule has 1 amide bonds. The molecule has 98 valence electrons. The van der Waals surface area contributed by atoms with Crippen molar-refractivity contribution in [3.8, 4) is 0 Å². The minimum Gasteiger partial charge on any atom is -0.388 e. The molecule has 0 bridgehead atoms. The number of carbonyl (C=O) groups is 1. The Hall–Kier alpha value is -1.16. The average Bonchev–Trinajstić information content (AvgIpc) is 2.86. The van der Waals surface area contributed by atoms with Gasteiger partial charge >= 0.3 is 0 Å². The Bertz CT molecular complexity index is 405. The highest BCUT2D eigenvalue weighted by Gasteiger charge is 2.25. The fourth-order valence-corrected chi connectivity index (χ4v) is 3.14. The normalized spacial score (nSPS) is 22.8. The highest BCUT2D eigenvalue weighted by molar-refractivity contribution is 7.99. The molecule has 18 heavy (non-hydrogen) atoms. The van der Waals surface area contributed by atoms with Crippen LogP contribution in [-0.4, -0.2) is 30.5 Å². The molecule has 1 aliphatic rings. The summed E-state index contributed by atoms with van der Waals surface area (Å²) in [5.41, 5.74) is 1.76. The minimum absolute atomic E-state index is 0.0457. The van der Waals surface area contributed by atoms with Crippen molar-refractivity contribution in [1.82, 2.24) is 5.32 Å². The zero-order chi connectivity index (χ0) is 13.0. The van der Waals surface area contributed by atoms with Crippen LogP contribution in [0.5, 0.6) is 0 Å². The molecule has 2 unspecified atom stereocenters. The van der Waals surface area contributed by atoms with E-state index in [2.05, 4.69) is 16.9 Å². The van der Waals surface area contributed by atoms with Gasteiger partial charge in [-0.3, -0.25) is 4.79 Å². The molecule has 0 aliphatic heterocycles. The van der Waals surface area contributed by atoms with Crippen molar-refractivity contribution in [3.63, 3.8) is 0 Å². The van der Waals surface area contributed by atoms with Crippen LogP contribution in [0.1, 0.15) is 29.6 Å². The lowest BCUT2D eigenvalue weighted by Gasteiger charge is -2.13. The molecule has 1 aromatic carbocycles. The van der Waals surface area contributed by atoms with E-state index < -0.39 is 0 Å². The van der Waals surface area contributed by atoms with Crippen LogP contribution in [-0.2, 0) is 0 Å². The lowest BCUT2D eigenvalue weighted by molar-refractivity contribution is 0.0938. The summed E-state index contributed by atoms with van der Waals surface area (Å²) in [6.07, 6.45) is 5.56. The molecule has 1 aliphatic carbocycles. The molecule has 0 spiro atoms. The number of amides is 1. The monoisotopic (exact) mass is 264 g/mol. The van der Waals surface area contributed by atoms with Gasteiger partial charge in [0.1, 0.15) is 0 Å². The largest absolute Gasteiger partial charge is 0.388 e. The maximum atomic E-state index is 12.1. The number of rotatable bonds is 4. The van der Waals surface area contributed by atoms with Crippen molar-refractivity contribution in [2.75, 3.05) is 18.6 Å². The lowest BCUT2D eigenvalue weighted by Crippen LogP contribution is -2.33. The van der Waals surface area contributed by atoms with Crippen molar-refractivity contribution >= 4 is 23.4 Å². The first-order valence-corrected chi connectivity index (χ1v) is 7.63. The molecule has 0 heterocycles. The quantitative estimate of drug-likeness (QED) is 0.878. The summed E-state index contributed by atoms with van der Waals surface area (Å²) in [7, 11) is 1.87. The first kappa shape index (κ1) is 13.3. The highest BCUT2D eigenvalue weighted by Crippen LogP contribution is 2.28. The van der Waals surface area contributed by atoms with Gasteiger partial charge in [0, 0.05) is 29.6 Å². The third-order valence-corrected chi connectivity index (χ3v) is 4.58. The van der Waals surface area contributed by atoms with Crippen molar-refractivity contribution < 1.29 is 4.79 Å². The van der Waals surface area contributed by atoms with E-state index in [0.717, 1.165) is 24.1 Å². The Labute approximate surface area is 113 Å². The van der Waals surface area contributed by atoms with Crippen molar-refractivity contribution in [2.45, 2.75) is 30.6 Å². The Kier molecular flexibility index (Phi) is 4.53. The fraction of sp³-hybridized carbons (Fsp3) is 0.500. The van der Waals surface area contributed by atoms with E-state index in [9.17, 15) is 4.79 Å². The first-order valence-electron chi connectivity index (χ1n) is 6.34. The molecule has 4 heteroatoms. The van der Waals surface area contributed by atoms with Crippen LogP contribution in [0.2, 0.25) is 0 Å². The predicted octanol–water partition coefficient (Wildman–Crippen LogP) is 2.74. The average molecular weight is 264 g/mol. The second-order valence-corrected chi connectivity index (χ2v) is 5.81. The van der Waals surface area contributed by atoms with Crippen LogP contribution < -0.4 is 10.6 Å². The van der Waals surface area contributed by atoms with Crippen LogP contribution in [0.3, 0.4) is 0 Å². The fourth-order valence-electron chi connectivity index (χ4n) is 2.34. The number of hydrogen-bond donors (Lipinski definition) is 2. The van der Waals surface area contributed by atoms with Crippen molar-refractivity contribution in [1.29, 1.82) is 0 Å². The zero-order valence-corrected chi connectivity index (χ0v) is 11.7. The number of benzene rings is 1. The molecule has 0 aromatic heterocycles. The second-order valence-electron chi connectivity index (χ2n) is 4.67. The van der Waals surface area contributed by atoms with Gasteiger partial charge < -0.3 is 10.6 Å². The number of thioether (sulfide) groups is 1. The van der Waals surface area contributed by atoms with E-state index in [1.54, 1.807) is 0 Å². The van der Waals surface area contributed by atoms with Crippen molar-refractivity contribution in [3.05, 3.63) is 29.8 Å². The summed E-state index contributed by atoms with van der Waals surface area (Å²) < 4.78 is 0. The van der Waals surface area contributed by atoms with Gasteiger partial charge in [0.25, 0.3) is 5.91 Å². The molecule has 2 rings (SSSR count). The third kappa shape index (κ3) is 3.19. The van der Waals surface area contributed by atoms with E-state index >= 15 is 0 Å². The van der Waals surface area contributed by atoms with Crippen LogP contribution in [0.25, 0.3) is 0 Å². The Morgan fingerprint density at radius 3 is 2.56 bits per heavy atom. The number of hydrogen-bond acceptors (Lipinski definition) is 3. The summed E-state index contributed by atoms with van der Waals surface area (Å²) in [6.45, 7) is 0. The van der Waals surface area contributed by atoms with E-state index in [1.807, 2.05) is 43.1 Å². The van der Waals surface area contributed by atoms with Gasteiger partial charge in [-0.25, -0.2) is 0 Å². The van der Waals surface area contributed by atoms with Gasteiger partial charge in [0.2, 0.25) is 0 Å². The molecular formula is C14H20N2OS. The third-order valence-electron chi connectivity index (χ3n) is 3.49. The Morgan fingerprint density at radius 2 is 2.00 bits per heavy atom. The smallest absolute Gasteiger partial charge is 0.251 e. The van der Waals surface area contributed by atoms with Gasteiger partial charge in [-0.2, -0.15) is 11.8 Å². The van der Waals surface area contributed by atoms with E-state index in [-0.39, 0.29) is 5.91 Å². The zero-order valence-electron chi connectivity index (χ0n) is 10.9.